The van der Waals surface area contributed by atoms with Crippen molar-refractivity contribution in [2.24, 2.45) is 5.92 Å². The summed E-state index contributed by atoms with van der Waals surface area (Å²) in [4.78, 5) is 7.15. The fourth-order valence-electron chi connectivity index (χ4n) is 3.53. The summed E-state index contributed by atoms with van der Waals surface area (Å²) in [5.41, 5.74) is 2.42. The maximum absolute atomic E-state index is 6.09. The largest absolute Gasteiger partial charge is 0.473 e. The van der Waals surface area contributed by atoms with E-state index >= 15 is 0 Å². The van der Waals surface area contributed by atoms with Crippen LogP contribution in [-0.4, -0.2) is 23.0 Å². The Balaban J connectivity index is 1.77. The molecule has 0 saturated carbocycles. The normalized spacial score (nSPS) is 18.7. The molecule has 1 aliphatic heterocycles. The number of hydrogen-bond donors (Lipinski definition) is 0. The lowest BCUT2D eigenvalue weighted by Gasteiger charge is -2.37. The molecule has 1 saturated heterocycles. The van der Waals surface area contributed by atoms with Crippen molar-refractivity contribution < 1.29 is 4.74 Å². The number of likely N-dealkylation sites (tertiary alicyclic amines) is 1. The van der Waals surface area contributed by atoms with Crippen molar-refractivity contribution in [3.05, 3.63) is 59.8 Å². The van der Waals surface area contributed by atoms with Crippen molar-refractivity contribution in [2.75, 3.05) is 13.1 Å². The number of benzene rings is 1. The number of nitrogens with zero attached hydrogens (tertiary/aromatic N) is 2. The zero-order valence-electron chi connectivity index (χ0n) is 14.8. The van der Waals surface area contributed by atoms with Gasteiger partial charge in [0.05, 0.1) is 0 Å². The summed E-state index contributed by atoms with van der Waals surface area (Å²) in [6.45, 7) is 7.47. The SMILES string of the molecule is CC(C)CN1CCCC[C@H]1c1cccnc1OCc1ccccc1. The monoisotopic (exact) mass is 324 g/mol. The third kappa shape index (κ3) is 4.35. The van der Waals surface area contributed by atoms with Crippen LogP contribution in [-0.2, 0) is 6.61 Å². The standard InChI is InChI=1S/C21H28N2O/c1-17(2)15-23-14-7-6-12-20(23)19-11-8-13-22-21(19)24-16-18-9-4-3-5-10-18/h3-5,8-11,13,17,20H,6-7,12,14-16H2,1-2H3/t20-/m0/s1. The van der Waals surface area contributed by atoms with Crippen LogP contribution in [0.5, 0.6) is 5.88 Å². The third-order valence-corrected chi connectivity index (χ3v) is 4.59. The lowest BCUT2D eigenvalue weighted by atomic mass is 9.95. The summed E-state index contributed by atoms with van der Waals surface area (Å²) in [6, 6.07) is 15.0. The molecule has 128 valence electrons. The minimum absolute atomic E-state index is 0.431. The summed E-state index contributed by atoms with van der Waals surface area (Å²) in [5, 5.41) is 0. The Labute approximate surface area is 145 Å². The van der Waals surface area contributed by atoms with Crippen molar-refractivity contribution in [3.63, 3.8) is 0 Å². The van der Waals surface area contributed by atoms with Gasteiger partial charge in [-0.2, -0.15) is 0 Å². The summed E-state index contributed by atoms with van der Waals surface area (Å²) >= 11 is 0. The van der Waals surface area contributed by atoms with Crippen LogP contribution in [0.25, 0.3) is 0 Å². The molecule has 0 bridgehead atoms. The van der Waals surface area contributed by atoms with Crippen LogP contribution in [0.1, 0.15) is 50.3 Å². The highest BCUT2D eigenvalue weighted by atomic mass is 16.5. The van der Waals surface area contributed by atoms with Gasteiger partial charge in [-0.15, -0.1) is 0 Å². The van der Waals surface area contributed by atoms with Crippen LogP contribution in [0, 0.1) is 5.92 Å². The van der Waals surface area contributed by atoms with Gasteiger partial charge < -0.3 is 4.74 Å². The van der Waals surface area contributed by atoms with Gasteiger partial charge in [-0.05, 0) is 36.9 Å². The zero-order chi connectivity index (χ0) is 16.8. The van der Waals surface area contributed by atoms with Gasteiger partial charge in [0.25, 0.3) is 0 Å². The first-order chi connectivity index (χ1) is 11.7. The molecular weight excluding hydrogens is 296 g/mol. The molecule has 0 unspecified atom stereocenters. The number of aromatic nitrogens is 1. The average molecular weight is 324 g/mol. The van der Waals surface area contributed by atoms with Gasteiger partial charge in [0.1, 0.15) is 6.61 Å². The molecular formula is C21H28N2O. The van der Waals surface area contributed by atoms with Gasteiger partial charge >= 0.3 is 0 Å². The van der Waals surface area contributed by atoms with Crippen LogP contribution in [0.3, 0.4) is 0 Å². The smallest absolute Gasteiger partial charge is 0.218 e. The molecule has 3 nitrogen and oxygen atoms in total. The van der Waals surface area contributed by atoms with E-state index in [0.717, 1.165) is 12.4 Å². The van der Waals surface area contributed by atoms with Crippen LogP contribution >= 0.6 is 0 Å². The molecule has 0 N–H and O–H groups in total. The molecule has 1 fully saturated rings. The fourth-order valence-corrected chi connectivity index (χ4v) is 3.53. The molecule has 1 aromatic carbocycles. The highest BCUT2D eigenvalue weighted by Crippen LogP contribution is 2.35. The van der Waals surface area contributed by atoms with Crippen molar-refractivity contribution in [1.29, 1.82) is 0 Å². The summed E-state index contributed by atoms with van der Waals surface area (Å²) in [6.07, 6.45) is 5.61. The Bertz CT molecular complexity index is 627. The average Bonchev–Trinajstić information content (AvgIpc) is 2.61. The molecule has 0 amide bonds. The number of rotatable bonds is 6. The second kappa shape index (κ2) is 8.29. The Hall–Kier alpha value is -1.87. The van der Waals surface area contributed by atoms with E-state index in [-0.39, 0.29) is 0 Å². The zero-order valence-corrected chi connectivity index (χ0v) is 14.8. The predicted octanol–water partition coefficient (Wildman–Crippen LogP) is 4.84. The van der Waals surface area contributed by atoms with E-state index in [2.05, 4.69) is 41.9 Å². The Morgan fingerprint density at radius 1 is 1.12 bits per heavy atom. The minimum Gasteiger partial charge on any atom is -0.473 e. The van der Waals surface area contributed by atoms with Crippen LogP contribution in [0.15, 0.2) is 48.7 Å². The summed E-state index contributed by atoms with van der Waals surface area (Å²) in [5.74, 6) is 1.47. The topological polar surface area (TPSA) is 25.4 Å². The lowest BCUT2D eigenvalue weighted by molar-refractivity contribution is 0.128. The van der Waals surface area contributed by atoms with E-state index in [1.807, 2.05) is 30.5 Å². The first-order valence-electron chi connectivity index (χ1n) is 9.09. The lowest BCUT2D eigenvalue weighted by Crippen LogP contribution is -2.36. The van der Waals surface area contributed by atoms with Gasteiger partial charge in [-0.25, -0.2) is 4.98 Å². The molecule has 0 radical (unpaired) electrons. The quantitative estimate of drug-likeness (QED) is 0.760. The van der Waals surface area contributed by atoms with Crippen molar-refractivity contribution >= 4 is 0 Å². The molecule has 1 aromatic heterocycles. The van der Waals surface area contributed by atoms with E-state index in [1.165, 1.54) is 36.9 Å². The predicted molar refractivity (Wildman–Crippen MR) is 98.0 cm³/mol. The highest BCUT2D eigenvalue weighted by Gasteiger charge is 2.27. The number of piperidine rings is 1. The van der Waals surface area contributed by atoms with Gasteiger partial charge in [-0.3, -0.25) is 4.90 Å². The van der Waals surface area contributed by atoms with Crippen molar-refractivity contribution in [2.45, 2.75) is 45.8 Å². The Morgan fingerprint density at radius 3 is 2.75 bits per heavy atom. The maximum atomic E-state index is 6.09. The second-order valence-corrected chi connectivity index (χ2v) is 7.07. The van der Waals surface area contributed by atoms with Crippen LogP contribution < -0.4 is 4.74 Å². The number of hydrogen-bond acceptors (Lipinski definition) is 3. The first kappa shape index (κ1) is 17.0. The van der Waals surface area contributed by atoms with E-state index in [9.17, 15) is 0 Å². The Morgan fingerprint density at radius 2 is 1.96 bits per heavy atom. The molecule has 2 heterocycles. The first-order valence-corrected chi connectivity index (χ1v) is 9.09. The minimum atomic E-state index is 0.431. The summed E-state index contributed by atoms with van der Waals surface area (Å²) < 4.78 is 6.09. The molecule has 3 rings (SSSR count). The molecule has 1 atom stereocenters. The second-order valence-electron chi connectivity index (χ2n) is 7.07. The molecule has 1 aliphatic rings. The van der Waals surface area contributed by atoms with Gasteiger partial charge in [0.15, 0.2) is 0 Å². The van der Waals surface area contributed by atoms with Crippen LogP contribution in [0.4, 0.5) is 0 Å². The molecule has 0 aliphatic carbocycles. The van der Waals surface area contributed by atoms with E-state index in [4.69, 9.17) is 4.74 Å². The maximum Gasteiger partial charge on any atom is 0.218 e. The Kier molecular flexibility index (Phi) is 5.86. The van der Waals surface area contributed by atoms with Crippen molar-refractivity contribution in [3.8, 4) is 5.88 Å². The van der Waals surface area contributed by atoms with E-state index in [1.54, 1.807) is 0 Å². The molecule has 24 heavy (non-hydrogen) atoms. The third-order valence-electron chi connectivity index (χ3n) is 4.59. The van der Waals surface area contributed by atoms with Crippen LogP contribution in [0.2, 0.25) is 0 Å². The van der Waals surface area contributed by atoms with Gasteiger partial charge in [0.2, 0.25) is 5.88 Å². The summed E-state index contributed by atoms with van der Waals surface area (Å²) in [7, 11) is 0. The van der Waals surface area contributed by atoms with Gasteiger partial charge in [-0.1, -0.05) is 56.7 Å². The van der Waals surface area contributed by atoms with E-state index in [0.29, 0.717) is 18.6 Å². The number of pyridine rings is 1. The highest BCUT2D eigenvalue weighted by molar-refractivity contribution is 5.30. The number of ether oxygens (including phenoxy) is 1. The molecule has 3 heteroatoms. The molecule has 2 aromatic rings. The fraction of sp³-hybridized carbons (Fsp3) is 0.476. The molecule has 0 spiro atoms. The van der Waals surface area contributed by atoms with Crippen molar-refractivity contribution in [1.82, 2.24) is 9.88 Å². The van der Waals surface area contributed by atoms with E-state index < -0.39 is 0 Å². The van der Waals surface area contributed by atoms with Gasteiger partial charge in [0, 0.05) is 24.3 Å².